The molecule has 1 saturated carbocycles. The van der Waals surface area contributed by atoms with Crippen molar-refractivity contribution in [2.45, 2.75) is 43.8 Å². The average Bonchev–Trinajstić information content (AvgIpc) is 3.37. The lowest BCUT2D eigenvalue weighted by Crippen LogP contribution is -2.33. The lowest BCUT2D eigenvalue weighted by Gasteiger charge is -2.14. The van der Waals surface area contributed by atoms with Gasteiger partial charge in [0.05, 0.1) is 11.4 Å². The van der Waals surface area contributed by atoms with Crippen molar-refractivity contribution in [1.29, 1.82) is 0 Å². The molecule has 0 atom stereocenters. The van der Waals surface area contributed by atoms with Gasteiger partial charge < -0.3 is 5.32 Å². The molecule has 6 nitrogen and oxygen atoms in total. The van der Waals surface area contributed by atoms with Crippen LogP contribution < -0.4 is 5.32 Å². The van der Waals surface area contributed by atoms with Crippen LogP contribution in [0.4, 0.5) is 0 Å². The molecular formula is C21H23N5OS. The molecule has 0 bridgehead atoms. The van der Waals surface area contributed by atoms with E-state index in [1.54, 1.807) is 12.4 Å². The number of amides is 1. The Morgan fingerprint density at radius 3 is 2.64 bits per heavy atom. The Bertz CT molecular complexity index is 950. The Labute approximate surface area is 168 Å². The van der Waals surface area contributed by atoms with Gasteiger partial charge in [-0.1, -0.05) is 42.8 Å². The Morgan fingerprint density at radius 2 is 1.89 bits per heavy atom. The monoisotopic (exact) mass is 393 g/mol. The summed E-state index contributed by atoms with van der Waals surface area (Å²) in [5.74, 6) is 1.13. The van der Waals surface area contributed by atoms with Crippen molar-refractivity contribution in [3.05, 3.63) is 54.4 Å². The average molecular weight is 394 g/mol. The third-order valence-electron chi connectivity index (χ3n) is 4.98. The second-order valence-electron chi connectivity index (χ2n) is 7.00. The fourth-order valence-electron chi connectivity index (χ4n) is 3.55. The standard InChI is InChI=1S/C21H23N5OS/c1-15-6-2-5-9-18(15)26-20(16-10-12-22-13-11-16)24-25-21(26)28-14-19(27)23-17-7-3-4-8-17/h2,5-6,9-13,17H,3-4,7-8,14H2,1H3,(H,23,27). The summed E-state index contributed by atoms with van der Waals surface area (Å²) in [6.07, 6.45) is 8.07. The molecule has 0 radical (unpaired) electrons. The Morgan fingerprint density at radius 1 is 1.14 bits per heavy atom. The molecule has 0 saturated heterocycles. The number of rotatable bonds is 6. The van der Waals surface area contributed by atoms with Crippen molar-refractivity contribution < 1.29 is 4.79 Å². The minimum absolute atomic E-state index is 0.0571. The molecule has 1 N–H and O–H groups in total. The van der Waals surface area contributed by atoms with Crippen LogP contribution in [0.2, 0.25) is 0 Å². The number of carbonyl (C=O) groups excluding carboxylic acids is 1. The zero-order valence-electron chi connectivity index (χ0n) is 15.8. The summed E-state index contributed by atoms with van der Waals surface area (Å²) in [6, 6.07) is 12.3. The van der Waals surface area contributed by atoms with Crippen LogP contribution in [-0.4, -0.2) is 37.5 Å². The predicted octanol–water partition coefficient (Wildman–Crippen LogP) is 3.79. The quantitative estimate of drug-likeness (QED) is 0.645. The molecule has 2 aromatic heterocycles. The Balaban J connectivity index is 1.61. The minimum atomic E-state index is 0.0571. The van der Waals surface area contributed by atoms with Crippen molar-refractivity contribution in [2.24, 2.45) is 0 Å². The highest BCUT2D eigenvalue weighted by Crippen LogP contribution is 2.29. The maximum absolute atomic E-state index is 12.4. The van der Waals surface area contributed by atoms with Crippen LogP contribution in [0.15, 0.2) is 53.9 Å². The molecule has 1 fully saturated rings. The second-order valence-corrected chi connectivity index (χ2v) is 7.94. The number of thioether (sulfide) groups is 1. The Kier molecular flexibility index (Phi) is 5.71. The number of nitrogens with one attached hydrogen (secondary N) is 1. The lowest BCUT2D eigenvalue weighted by atomic mass is 10.2. The number of para-hydroxylation sites is 1. The molecule has 2 heterocycles. The first kappa shape index (κ1) is 18.7. The molecule has 144 valence electrons. The van der Waals surface area contributed by atoms with Gasteiger partial charge in [0.2, 0.25) is 5.91 Å². The highest BCUT2D eigenvalue weighted by Gasteiger charge is 2.20. The van der Waals surface area contributed by atoms with Gasteiger partial charge in [0.25, 0.3) is 0 Å². The fourth-order valence-corrected chi connectivity index (χ4v) is 4.31. The van der Waals surface area contributed by atoms with Gasteiger partial charge in [-0.3, -0.25) is 14.3 Å². The van der Waals surface area contributed by atoms with Crippen molar-refractivity contribution in [1.82, 2.24) is 25.1 Å². The van der Waals surface area contributed by atoms with E-state index in [1.807, 2.05) is 34.9 Å². The van der Waals surface area contributed by atoms with Crippen LogP contribution in [0.1, 0.15) is 31.2 Å². The molecule has 1 aromatic carbocycles. The van der Waals surface area contributed by atoms with E-state index >= 15 is 0 Å². The molecule has 0 unspecified atom stereocenters. The van der Waals surface area contributed by atoms with E-state index in [1.165, 1.54) is 24.6 Å². The summed E-state index contributed by atoms with van der Waals surface area (Å²) < 4.78 is 2.03. The van der Waals surface area contributed by atoms with Gasteiger partial charge in [-0.15, -0.1) is 10.2 Å². The van der Waals surface area contributed by atoms with Gasteiger partial charge in [0, 0.05) is 24.0 Å². The number of hydrogen-bond acceptors (Lipinski definition) is 5. The zero-order chi connectivity index (χ0) is 19.3. The number of aromatic nitrogens is 4. The Hall–Kier alpha value is -2.67. The smallest absolute Gasteiger partial charge is 0.230 e. The molecular weight excluding hydrogens is 370 g/mol. The SMILES string of the molecule is Cc1ccccc1-n1c(SCC(=O)NC2CCCC2)nnc1-c1ccncc1. The molecule has 1 amide bonds. The lowest BCUT2D eigenvalue weighted by molar-refractivity contribution is -0.119. The third kappa shape index (κ3) is 4.09. The van der Waals surface area contributed by atoms with Gasteiger partial charge in [-0.25, -0.2) is 0 Å². The van der Waals surface area contributed by atoms with Gasteiger partial charge in [0.1, 0.15) is 0 Å². The van der Waals surface area contributed by atoms with Crippen LogP contribution in [0.5, 0.6) is 0 Å². The summed E-state index contributed by atoms with van der Waals surface area (Å²) in [5, 5.41) is 12.7. The number of benzene rings is 1. The van der Waals surface area contributed by atoms with Crippen molar-refractivity contribution in [3.8, 4) is 17.1 Å². The van der Waals surface area contributed by atoms with E-state index in [-0.39, 0.29) is 5.91 Å². The zero-order valence-corrected chi connectivity index (χ0v) is 16.7. The maximum Gasteiger partial charge on any atom is 0.230 e. The van der Waals surface area contributed by atoms with Crippen molar-refractivity contribution in [2.75, 3.05) is 5.75 Å². The van der Waals surface area contributed by atoms with Crippen molar-refractivity contribution in [3.63, 3.8) is 0 Å². The molecule has 0 aliphatic heterocycles. The second kappa shape index (κ2) is 8.56. The maximum atomic E-state index is 12.4. The summed E-state index contributed by atoms with van der Waals surface area (Å²) in [5.41, 5.74) is 3.07. The van der Waals surface area contributed by atoms with E-state index in [4.69, 9.17) is 0 Å². The number of nitrogens with zero attached hydrogens (tertiary/aromatic N) is 4. The van der Waals surface area contributed by atoms with Gasteiger partial charge >= 0.3 is 0 Å². The normalized spacial score (nSPS) is 14.3. The largest absolute Gasteiger partial charge is 0.353 e. The minimum Gasteiger partial charge on any atom is -0.353 e. The van der Waals surface area contributed by atoms with E-state index in [9.17, 15) is 4.79 Å². The summed E-state index contributed by atoms with van der Waals surface area (Å²) in [6.45, 7) is 2.06. The molecule has 0 spiro atoms. The number of carbonyl (C=O) groups is 1. The summed E-state index contributed by atoms with van der Waals surface area (Å²) >= 11 is 1.42. The van der Waals surface area contributed by atoms with Gasteiger partial charge in [-0.2, -0.15) is 0 Å². The van der Waals surface area contributed by atoms with Crippen molar-refractivity contribution >= 4 is 17.7 Å². The first-order valence-electron chi connectivity index (χ1n) is 9.56. The molecule has 3 aromatic rings. The number of aryl methyl sites for hydroxylation is 1. The molecule has 1 aliphatic carbocycles. The first-order chi connectivity index (χ1) is 13.7. The van der Waals surface area contributed by atoms with Crippen LogP contribution in [0.3, 0.4) is 0 Å². The van der Waals surface area contributed by atoms with E-state index in [0.717, 1.165) is 35.5 Å². The predicted molar refractivity (Wildman–Crippen MR) is 110 cm³/mol. The third-order valence-corrected chi connectivity index (χ3v) is 5.91. The molecule has 1 aliphatic rings. The number of hydrogen-bond donors (Lipinski definition) is 1. The van der Waals surface area contributed by atoms with Crippen LogP contribution in [0, 0.1) is 6.92 Å². The van der Waals surface area contributed by atoms with Gasteiger partial charge in [0.15, 0.2) is 11.0 Å². The highest BCUT2D eigenvalue weighted by molar-refractivity contribution is 7.99. The van der Waals surface area contributed by atoms with Gasteiger partial charge in [-0.05, 0) is 43.5 Å². The van der Waals surface area contributed by atoms with E-state index in [0.29, 0.717) is 17.0 Å². The topological polar surface area (TPSA) is 72.7 Å². The summed E-state index contributed by atoms with van der Waals surface area (Å²) in [4.78, 5) is 16.5. The van der Waals surface area contributed by atoms with Crippen LogP contribution >= 0.6 is 11.8 Å². The summed E-state index contributed by atoms with van der Waals surface area (Å²) in [7, 11) is 0. The van der Waals surface area contributed by atoms with Crippen LogP contribution in [-0.2, 0) is 4.79 Å². The first-order valence-corrected chi connectivity index (χ1v) is 10.5. The van der Waals surface area contributed by atoms with E-state index < -0.39 is 0 Å². The molecule has 4 rings (SSSR count). The highest BCUT2D eigenvalue weighted by atomic mass is 32.2. The fraction of sp³-hybridized carbons (Fsp3) is 0.333. The molecule has 28 heavy (non-hydrogen) atoms. The number of pyridine rings is 1. The van der Waals surface area contributed by atoms with E-state index in [2.05, 4.69) is 33.5 Å². The molecule has 7 heteroatoms. The van der Waals surface area contributed by atoms with Crippen LogP contribution in [0.25, 0.3) is 17.1 Å².